The van der Waals surface area contributed by atoms with Crippen molar-refractivity contribution >= 4 is 5.91 Å². The molecule has 1 atom stereocenters. The molecule has 0 unspecified atom stereocenters. The quantitative estimate of drug-likeness (QED) is 0.741. The van der Waals surface area contributed by atoms with E-state index in [2.05, 4.69) is 15.3 Å². The number of ether oxygens (including phenoxy) is 1. The summed E-state index contributed by atoms with van der Waals surface area (Å²) in [5.74, 6) is 0.202. The van der Waals surface area contributed by atoms with Gasteiger partial charge in [-0.1, -0.05) is 6.07 Å². The molecular formula is C20H23N3O4. The van der Waals surface area contributed by atoms with Gasteiger partial charge >= 0.3 is 0 Å². The zero-order chi connectivity index (χ0) is 19.0. The van der Waals surface area contributed by atoms with Crippen molar-refractivity contribution in [1.82, 2.24) is 15.3 Å². The van der Waals surface area contributed by atoms with E-state index >= 15 is 0 Å². The number of aliphatic hydroxyl groups excluding tert-OH is 1. The summed E-state index contributed by atoms with van der Waals surface area (Å²) in [5.41, 5.74) is 2.60. The minimum Gasteiger partial charge on any atom is -0.481 e. The number of amides is 1. The van der Waals surface area contributed by atoms with Gasteiger partial charge in [0.05, 0.1) is 19.3 Å². The first-order chi connectivity index (χ1) is 13.0. The number of H-pyrrole nitrogens is 1. The number of aryl methyl sites for hydroxylation is 2. The van der Waals surface area contributed by atoms with Crippen molar-refractivity contribution in [2.24, 2.45) is 5.92 Å². The first-order valence-electron chi connectivity index (χ1n) is 9.29. The van der Waals surface area contributed by atoms with Crippen LogP contribution >= 0.6 is 0 Å². The van der Waals surface area contributed by atoms with Gasteiger partial charge in [-0.2, -0.15) is 0 Å². The van der Waals surface area contributed by atoms with Gasteiger partial charge in [0.2, 0.25) is 5.88 Å². The Kier molecular flexibility index (Phi) is 4.70. The lowest BCUT2D eigenvalue weighted by molar-refractivity contribution is 0.0234. The van der Waals surface area contributed by atoms with Crippen molar-refractivity contribution in [2.45, 2.75) is 44.2 Å². The Morgan fingerprint density at radius 2 is 2.19 bits per heavy atom. The van der Waals surface area contributed by atoms with Crippen LogP contribution in [0.1, 0.15) is 52.5 Å². The summed E-state index contributed by atoms with van der Waals surface area (Å²) in [6.45, 7) is 0. The minimum atomic E-state index is -0.395. The molecule has 0 spiro atoms. The molecule has 142 valence electrons. The maximum absolute atomic E-state index is 12.9. The number of nitrogens with zero attached hydrogens (tertiary/aromatic N) is 1. The standard InChI is InChI=1S/C20H23N3O4/c1-27-17-6-5-12(10-21-17)18(13-7-14(24)8-13)23-20(26)15-9-11-3-2-4-16(11)22-19(15)25/h5-6,9-10,13-14,18,24H,2-4,7-8H2,1H3,(H,22,25)(H,23,26)/t13?,14?,18-/m0/s1. The van der Waals surface area contributed by atoms with Crippen LogP contribution in [-0.4, -0.2) is 34.2 Å². The first-order valence-corrected chi connectivity index (χ1v) is 9.29. The lowest BCUT2D eigenvalue weighted by Crippen LogP contribution is -2.42. The fourth-order valence-electron chi connectivity index (χ4n) is 3.97. The van der Waals surface area contributed by atoms with Crippen LogP contribution in [0, 0.1) is 5.92 Å². The number of aromatic amines is 1. The summed E-state index contributed by atoms with van der Waals surface area (Å²) in [5, 5.41) is 12.7. The molecule has 2 aromatic rings. The van der Waals surface area contributed by atoms with Crippen LogP contribution in [0.3, 0.4) is 0 Å². The third-order valence-corrected chi connectivity index (χ3v) is 5.57. The molecule has 1 amide bonds. The molecule has 7 heteroatoms. The lowest BCUT2D eigenvalue weighted by Gasteiger charge is -2.38. The van der Waals surface area contributed by atoms with E-state index in [0.717, 1.165) is 36.1 Å². The molecule has 2 heterocycles. The Hall–Kier alpha value is -2.67. The predicted octanol–water partition coefficient (Wildman–Crippen LogP) is 1.51. The van der Waals surface area contributed by atoms with E-state index in [4.69, 9.17) is 4.74 Å². The van der Waals surface area contributed by atoms with E-state index < -0.39 is 5.91 Å². The van der Waals surface area contributed by atoms with Gasteiger partial charge in [-0.25, -0.2) is 4.98 Å². The molecule has 3 N–H and O–H groups in total. The summed E-state index contributed by atoms with van der Waals surface area (Å²) >= 11 is 0. The average Bonchev–Trinajstić information content (AvgIpc) is 3.10. The Bertz CT molecular complexity index is 900. The first kappa shape index (κ1) is 17.7. The van der Waals surface area contributed by atoms with Crippen molar-refractivity contribution in [3.8, 4) is 5.88 Å². The van der Waals surface area contributed by atoms with Gasteiger partial charge in [-0.15, -0.1) is 0 Å². The lowest BCUT2D eigenvalue weighted by atomic mass is 9.75. The van der Waals surface area contributed by atoms with Gasteiger partial charge in [0.1, 0.15) is 5.56 Å². The van der Waals surface area contributed by atoms with Crippen molar-refractivity contribution in [3.05, 3.63) is 57.1 Å². The number of hydrogen-bond donors (Lipinski definition) is 3. The number of carbonyl (C=O) groups is 1. The van der Waals surface area contributed by atoms with Gasteiger partial charge in [-0.05, 0) is 55.2 Å². The van der Waals surface area contributed by atoms with Gasteiger partial charge in [0, 0.05) is 18.0 Å². The van der Waals surface area contributed by atoms with Crippen molar-refractivity contribution in [1.29, 1.82) is 0 Å². The summed E-state index contributed by atoms with van der Waals surface area (Å²) < 4.78 is 5.09. The summed E-state index contributed by atoms with van der Waals surface area (Å²) in [7, 11) is 1.55. The molecule has 0 saturated heterocycles. The fourth-order valence-corrected chi connectivity index (χ4v) is 3.97. The maximum Gasteiger partial charge on any atom is 0.261 e. The number of nitrogens with one attached hydrogen (secondary N) is 2. The van der Waals surface area contributed by atoms with Gasteiger partial charge in [0.15, 0.2) is 0 Å². The largest absolute Gasteiger partial charge is 0.481 e. The molecule has 2 aromatic heterocycles. The second kappa shape index (κ2) is 7.15. The van der Waals surface area contributed by atoms with Crippen LogP contribution in [0.5, 0.6) is 5.88 Å². The molecule has 1 saturated carbocycles. The molecule has 27 heavy (non-hydrogen) atoms. The number of pyridine rings is 2. The maximum atomic E-state index is 12.9. The second-order valence-electron chi connectivity index (χ2n) is 7.34. The Morgan fingerprint density at radius 1 is 1.37 bits per heavy atom. The van der Waals surface area contributed by atoms with Crippen molar-refractivity contribution in [2.75, 3.05) is 7.11 Å². The van der Waals surface area contributed by atoms with Crippen LogP contribution in [-0.2, 0) is 12.8 Å². The smallest absolute Gasteiger partial charge is 0.261 e. The van der Waals surface area contributed by atoms with Crippen LogP contribution in [0.25, 0.3) is 0 Å². The molecule has 0 bridgehead atoms. The van der Waals surface area contributed by atoms with E-state index in [1.807, 2.05) is 6.07 Å². The molecule has 7 nitrogen and oxygen atoms in total. The highest BCUT2D eigenvalue weighted by atomic mass is 16.5. The van der Waals surface area contributed by atoms with E-state index in [9.17, 15) is 14.7 Å². The number of hydrogen-bond acceptors (Lipinski definition) is 5. The zero-order valence-electron chi connectivity index (χ0n) is 15.2. The molecule has 4 rings (SSSR count). The number of rotatable bonds is 5. The molecule has 0 radical (unpaired) electrons. The summed E-state index contributed by atoms with van der Waals surface area (Å²) in [6.07, 6.45) is 5.27. The van der Waals surface area contributed by atoms with E-state index in [1.54, 1.807) is 25.4 Å². The van der Waals surface area contributed by atoms with E-state index in [-0.39, 0.29) is 29.2 Å². The number of fused-ring (bicyclic) bond motifs is 1. The SMILES string of the molecule is COc1ccc([C@H](NC(=O)c2cc3c([nH]c2=O)CCC3)C2CC(O)C2)cn1. The molecular weight excluding hydrogens is 346 g/mol. The molecule has 2 aliphatic rings. The van der Waals surface area contributed by atoms with Gasteiger partial charge in [0.25, 0.3) is 11.5 Å². The molecule has 2 aliphatic carbocycles. The van der Waals surface area contributed by atoms with Crippen molar-refractivity contribution in [3.63, 3.8) is 0 Å². The Labute approximate surface area is 156 Å². The van der Waals surface area contributed by atoms with E-state index in [0.29, 0.717) is 18.7 Å². The number of carbonyl (C=O) groups excluding carboxylic acids is 1. The van der Waals surface area contributed by atoms with Crippen LogP contribution in [0.2, 0.25) is 0 Å². The highest BCUT2D eigenvalue weighted by molar-refractivity contribution is 5.94. The molecule has 1 fully saturated rings. The Morgan fingerprint density at radius 3 is 2.85 bits per heavy atom. The normalized spacial score (nSPS) is 21.9. The highest BCUT2D eigenvalue weighted by Gasteiger charge is 2.36. The second-order valence-corrected chi connectivity index (χ2v) is 7.34. The van der Waals surface area contributed by atoms with E-state index in [1.165, 1.54) is 0 Å². The molecule has 0 aliphatic heterocycles. The topological polar surface area (TPSA) is 104 Å². The number of aromatic nitrogens is 2. The summed E-state index contributed by atoms with van der Waals surface area (Å²) in [6, 6.07) is 5.00. The monoisotopic (exact) mass is 369 g/mol. The molecule has 0 aromatic carbocycles. The van der Waals surface area contributed by atoms with Gasteiger partial charge in [-0.3, -0.25) is 9.59 Å². The average molecular weight is 369 g/mol. The third kappa shape index (κ3) is 3.47. The van der Waals surface area contributed by atoms with Crippen LogP contribution in [0.4, 0.5) is 0 Å². The minimum absolute atomic E-state index is 0.104. The summed E-state index contributed by atoms with van der Waals surface area (Å²) in [4.78, 5) is 32.3. The fraction of sp³-hybridized carbons (Fsp3) is 0.450. The third-order valence-electron chi connectivity index (χ3n) is 5.57. The predicted molar refractivity (Wildman–Crippen MR) is 98.8 cm³/mol. The van der Waals surface area contributed by atoms with Crippen LogP contribution in [0.15, 0.2) is 29.2 Å². The zero-order valence-corrected chi connectivity index (χ0v) is 15.2. The van der Waals surface area contributed by atoms with Gasteiger partial charge < -0.3 is 20.1 Å². The van der Waals surface area contributed by atoms with Crippen molar-refractivity contribution < 1.29 is 14.6 Å². The highest BCUT2D eigenvalue weighted by Crippen LogP contribution is 2.38. The van der Waals surface area contributed by atoms with Crippen LogP contribution < -0.4 is 15.6 Å². The Balaban J connectivity index is 1.59. The number of aliphatic hydroxyl groups is 1. The number of methoxy groups -OCH3 is 1.